The Morgan fingerprint density at radius 3 is 2.53 bits per heavy atom. The minimum Gasteiger partial charge on any atom is -0.278 e. The molecule has 0 aliphatic carbocycles. The molecule has 0 radical (unpaired) electrons. The van der Waals surface area contributed by atoms with Crippen LogP contribution in [0.3, 0.4) is 0 Å². The molecule has 0 fully saturated rings. The second-order valence-electron chi connectivity index (χ2n) is 4.05. The molecular weight excluding hydrogens is 350 g/mol. The SMILES string of the molecule is Cc1ccc(NS(=O)(=O)c2cccc(Cl)c2)c(Br)c1. The van der Waals surface area contributed by atoms with Crippen LogP contribution in [0.1, 0.15) is 5.56 Å². The highest BCUT2D eigenvalue weighted by Gasteiger charge is 2.15. The fourth-order valence-electron chi connectivity index (χ4n) is 1.54. The van der Waals surface area contributed by atoms with Crippen molar-refractivity contribution in [2.75, 3.05) is 4.72 Å². The van der Waals surface area contributed by atoms with E-state index in [1.54, 1.807) is 18.2 Å². The van der Waals surface area contributed by atoms with Gasteiger partial charge in [-0.05, 0) is 58.7 Å². The zero-order chi connectivity index (χ0) is 14.0. The summed E-state index contributed by atoms with van der Waals surface area (Å²) in [5.41, 5.74) is 1.53. The van der Waals surface area contributed by atoms with Crippen LogP contribution in [-0.4, -0.2) is 8.42 Å². The molecular formula is C13H11BrClNO2S. The number of nitrogens with one attached hydrogen (secondary N) is 1. The van der Waals surface area contributed by atoms with Crippen molar-refractivity contribution in [1.82, 2.24) is 0 Å². The second kappa shape index (κ2) is 5.53. The maximum atomic E-state index is 12.2. The summed E-state index contributed by atoms with van der Waals surface area (Å²) in [5.74, 6) is 0. The first-order valence-electron chi connectivity index (χ1n) is 5.43. The van der Waals surface area contributed by atoms with Crippen molar-refractivity contribution >= 4 is 43.2 Å². The van der Waals surface area contributed by atoms with Gasteiger partial charge in [-0.3, -0.25) is 4.72 Å². The molecule has 2 aromatic carbocycles. The van der Waals surface area contributed by atoms with Crippen LogP contribution in [0.4, 0.5) is 5.69 Å². The minimum absolute atomic E-state index is 0.132. The lowest BCUT2D eigenvalue weighted by molar-refractivity contribution is 0.601. The Morgan fingerprint density at radius 1 is 1.16 bits per heavy atom. The summed E-state index contributed by atoms with van der Waals surface area (Å²) in [5, 5.41) is 0.380. The van der Waals surface area contributed by atoms with Crippen LogP contribution in [-0.2, 0) is 10.0 Å². The molecule has 0 unspecified atom stereocenters. The molecule has 2 rings (SSSR count). The molecule has 0 bridgehead atoms. The Kier molecular flexibility index (Phi) is 4.18. The van der Waals surface area contributed by atoms with Gasteiger partial charge < -0.3 is 0 Å². The van der Waals surface area contributed by atoms with E-state index < -0.39 is 10.0 Å². The summed E-state index contributed by atoms with van der Waals surface area (Å²) in [6.45, 7) is 1.93. The highest BCUT2D eigenvalue weighted by molar-refractivity contribution is 9.10. The quantitative estimate of drug-likeness (QED) is 0.891. The molecule has 2 aromatic rings. The summed E-state index contributed by atoms with van der Waals surface area (Å²) >= 11 is 9.14. The number of aryl methyl sites for hydroxylation is 1. The van der Waals surface area contributed by atoms with E-state index in [9.17, 15) is 8.42 Å². The Bertz CT molecular complexity index is 716. The number of hydrogen-bond donors (Lipinski definition) is 1. The van der Waals surface area contributed by atoms with Gasteiger partial charge in [-0.15, -0.1) is 0 Å². The van der Waals surface area contributed by atoms with Gasteiger partial charge in [0, 0.05) is 9.50 Å². The van der Waals surface area contributed by atoms with Gasteiger partial charge in [0.25, 0.3) is 10.0 Å². The van der Waals surface area contributed by atoms with Crippen molar-refractivity contribution in [3.05, 3.63) is 57.5 Å². The number of sulfonamides is 1. The van der Waals surface area contributed by atoms with Gasteiger partial charge >= 0.3 is 0 Å². The van der Waals surface area contributed by atoms with Gasteiger partial charge in [0.15, 0.2) is 0 Å². The van der Waals surface area contributed by atoms with Crippen molar-refractivity contribution in [2.24, 2.45) is 0 Å². The van der Waals surface area contributed by atoms with Crippen LogP contribution in [0.15, 0.2) is 51.8 Å². The Labute approximate surface area is 125 Å². The van der Waals surface area contributed by atoms with Crippen LogP contribution in [0.5, 0.6) is 0 Å². The lowest BCUT2D eigenvalue weighted by atomic mass is 10.2. The standard InChI is InChI=1S/C13H11BrClNO2S/c1-9-5-6-13(12(14)7-9)16-19(17,18)11-4-2-3-10(15)8-11/h2-8,16H,1H3. The summed E-state index contributed by atoms with van der Waals surface area (Å²) in [4.78, 5) is 0.132. The van der Waals surface area contributed by atoms with Gasteiger partial charge in [0.05, 0.1) is 10.6 Å². The maximum Gasteiger partial charge on any atom is 0.261 e. The van der Waals surface area contributed by atoms with E-state index in [1.807, 2.05) is 19.1 Å². The van der Waals surface area contributed by atoms with Crippen molar-refractivity contribution in [3.63, 3.8) is 0 Å². The maximum absolute atomic E-state index is 12.2. The minimum atomic E-state index is -3.64. The number of rotatable bonds is 3. The Balaban J connectivity index is 2.36. The molecule has 100 valence electrons. The summed E-state index contributed by atoms with van der Waals surface area (Å²) in [6.07, 6.45) is 0. The fraction of sp³-hybridized carbons (Fsp3) is 0.0769. The van der Waals surface area contributed by atoms with Crippen LogP contribution >= 0.6 is 27.5 Å². The number of benzene rings is 2. The molecule has 0 spiro atoms. The predicted octanol–water partition coefficient (Wildman–Crippen LogP) is 4.21. The van der Waals surface area contributed by atoms with E-state index in [2.05, 4.69) is 20.7 Å². The van der Waals surface area contributed by atoms with Gasteiger partial charge in [-0.1, -0.05) is 23.7 Å². The number of anilines is 1. The fourth-order valence-corrected chi connectivity index (χ4v) is 3.64. The molecule has 0 amide bonds. The van der Waals surface area contributed by atoms with Crippen LogP contribution in [0, 0.1) is 6.92 Å². The second-order valence-corrected chi connectivity index (χ2v) is 7.02. The molecule has 19 heavy (non-hydrogen) atoms. The third-order valence-corrected chi connectivity index (χ3v) is 4.73. The zero-order valence-electron chi connectivity index (χ0n) is 10.0. The zero-order valence-corrected chi connectivity index (χ0v) is 13.2. The molecule has 0 heterocycles. The molecule has 0 saturated heterocycles. The molecule has 0 saturated carbocycles. The average Bonchev–Trinajstić information content (AvgIpc) is 2.33. The van der Waals surface area contributed by atoms with E-state index in [-0.39, 0.29) is 4.90 Å². The van der Waals surface area contributed by atoms with E-state index in [0.717, 1.165) is 5.56 Å². The Morgan fingerprint density at radius 2 is 1.89 bits per heavy atom. The monoisotopic (exact) mass is 359 g/mol. The first-order chi connectivity index (χ1) is 8.88. The molecule has 3 nitrogen and oxygen atoms in total. The first-order valence-corrected chi connectivity index (χ1v) is 8.08. The van der Waals surface area contributed by atoms with Gasteiger partial charge in [0.2, 0.25) is 0 Å². The molecule has 1 N–H and O–H groups in total. The van der Waals surface area contributed by atoms with Crippen molar-refractivity contribution in [1.29, 1.82) is 0 Å². The lowest BCUT2D eigenvalue weighted by Gasteiger charge is -2.10. The van der Waals surface area contributed by atoms with Crippen LogP contribution < -0.4 is 4.72 Å². The van der Waals surface area contributed by atoms with Crippen molar-refractivity contribution in [3.8, 4) is 0 Å². The van der Waals surface area contributed by atoms with Crippen LogP contribution in [0.25, 0.3) is 0 Å². The topological polar surface area (TPSA) is 46.2 Å². The Hall–Kier alpha value is -1.04. The van der Waals surface area contributed by atoms with E-state index in [4.69, 9.17) is 11.6 Å². The normalized spacial score (nSPS) is 11.3. The van der Waals surface area contributed by atoms with Crippen molar-refractivity contribution < 1.29 is 8.42 Å². The predicted molar refractivity (Wildman–Crippen MR) is 81.1 cm³/mol. The molecule has 0 aromatic heterocycles. The average molecular weight is 361 g/mol. The van der Waals surface area contributed by atoms with Gasteiger partial charge in [-0.25, -0.2) is 8.42 Å². The highest BCUT2D eigenvalue weighted by atomic mass is 79.9. The summed E-state index contributed by atoms with van der Waals surface area (Å²) in [7, 11) is -3.64. The highest BCUT2D eigenvalue weighted by Crippen LogP contribution is 2.26. The lowest BCUT2D eigenvalue weighted by Crippen LogP contribution is -2.13. The smallest absolute Gasteiger partial charge is 0.261 e. The number of halogens is 2. The van der Waals surface area contributed by atoms with E-state index in [1.165, 1.54) is 12.1 Å². The molecule has 0 atom stereocenters. The van der Waals surface area contributed by atoms with E-state index in [0.29, 0.717) is 15.2 Å². The summed E-state index contributed by atoms with van der Waals surface area (Å²) < 4.78 is 27.6. The van der Waals surface area contributed by atoms with Crippen molar-refractivity contribution in [2.45, 2.75) is 11.8 Å². The molecule has 6 heteroatoms. The van der Waals surface area contributed by atoms with Crippen LogP contribution in [0.2, 0.25) is 5.02 Å². The first kappa shape index (κ1) is 14.4. The molecule has 0 aliphatic heterocycles. The number of hydrogen-bond acceptors (Lipinski definition) is 2. The van der Waals surface area contributed by atoms with Gasteiger partial charge in [-0.2, -0.15) is 0 Å². The largest absolute Gasteiger partial charge is 0.278 e. The third-order valence-electron chi connectivity index (χ3n) is 2.48. The third kappa shape index (κ3) is 3.49. The molecule has 0 aliphatic rings. The summed E-state index contributed by atoms with van der Waals surface area (Å²) in [6, 6.07) is 11.5. The van der Waals surface area contributed by atoms with Gasteiger partial charge in [0.1, 0.15) is 0 Å². The van der Waals surface area contributed by atoms with E-state index >= 15 is 0 Å².